The molecule has 3 aromatic rings. The zero-order chi connectivity index (χ0) is 28.4. The smallest absolute Gasteiger partial charge is 0.115 e. The van der Waals surface area contributed by atoms with E-state index in [1.165, 1.54) is 34.4 Å². The lowest BCUT2D eigenvalue weighted by atomic mass is 9.51. The maximum atomic E-state index is 11.1. The Bertz CT molecular complexity index is 1300. The van der Waals surface area contributed by atoms with Gasteiger partial charge in [-0.3, -0.25) is 4.98 Å². The number of phenolic OH excluding ortho intramolecular Hbond substituents is 1. The number of nitrogens with zero attached hydrogens (tertiary/aromatic N) is 2. The van der Waals surface area contributed by atoms with Gasteiger partial charge in [-0.15, -0.1) is 0 Å². The highest BCUT2D eigenvalue weighted by Gasteiger charge is 2.57. The lowest BCUT2D eigenvalue weighted by Gasteiger charge is -2.54. The first-order valence-electron chi connectivity index (χ1n) is 15.7. The SMILES string of the molecule is CN(CCCSCc1ccccn1)CCc1ccc([C@H]2C[C@]3(C)[C@@H](O)CC[C@H]3[C@@H]3CCc4cc(O)ccc4[C@H]32)cc1. The fourth-order valence-corrected chi connectivity index (χ4v) is 9.31. The predicted octanol–water partition coefficient (Wildman–Crippen LogP) is 7.20. The van der Waals surface area contributed by atoms with Gasteiger partial charge in [-0.2, -0.15) is 11.8 Å². The van der Waals surface area contributed by atoms with Crippen LogP contribution in [0.3, 0.4) is 0 Å². The summed E-state index contributed by atoms with van der Waals surface area (Å²) in [6, 6.07) is 21.7. The molecule has 3 aliphatic carbocycles. The van der Waals surface area contributed by atoms with Crippen molar-refractivity contribution in [1.29, 1.82) is 0 Å². The van der Waals surface area contributed by atoms with Crippen molar-refractivity contribution < 1.29 is 10.2 Å². The Labute approximate surface area is 250 Å². The minimum Gasteiger partial charge on any atom is -0.508 e. The van der Waals surface area contributed by atoms with Crippen LogP contribution < -0.4 is 0 Å². The zero-order valence-electron chi connectivity index (χ0n) is 24.7. The second kappa shape index (κ2) is 12.5. The third-order valence-corrected chi connectivity index (χ3v) is 11.7. The van der Waals surface area contributed by atoms with Gasteiger partial charge in [0.15, 0.2) is 0 Å². The molecule has 4 nitrogen and oxygen atoms in total. The van der Waals surface area contributed by atoms with Gasteiger partial charge in [-0.25, -0.2) is 0 Å². The molecule has 0 bridgehead atoms. The molecule has 2 fully saturated rings. The molecule has 0 radical (unpaired) electrons. The molecular weight excluding hydrogens is 524 g/mol. The Kier molecular flexibility index (Phi) is 8.76. The van der Waals surface area contributed by atoms with Gasteiger partial charge in [0.25, 0.3) is 0 Å². The number of aliphatic hydroxyl groups is 1. The largest absolute Gasteiger partial charge is 0.508 e. The number of hydrogen-bond acceptors (Lipinski definition) is 5. The van der Waals surface area contributed by atoms with Gasteiger partial charge in [0.2, 0.25) is 0 Å². The lowest BCUT2D eigenvalue weighted by molar-refractivity contribution is -0.0322. The van der Waals surface area contributed by atoms with Crippen molar-refractivity contribution in [2.75, 3.05) is 25.9 Å². The number of aryl methyl sites for hydroxylation is 1. The highest BCUT2D eigenvalue weighted by Crippen LogP contribution is 2.65. The average molecular weight is 571 g/mol. The van der Waals surface area contributed by atoms with Gasteiger partial charge >= 0.3 is 0 Å². The molecular formula is C36H46N2O2S. The molecule has 6 atom stereocenters. The molecule has 5 heteroatoms. The monoisotopic (exact) mass is 570 g/mol. The van der Waals surface area contributed by atoms with Crippen LogP contribution in [0.5, 0.6) is 5.75 Å². The van der Waals surface area contributed by atoms with Gasteiger partial charge in [0, 0.05) is 18.5 Å². The molecule has 1 aromatic heterocycles. The van der Waals surface area contributed by atoms with Gasteiger partial charge in [-0.05, 0) is 140 Å². The van der Waals surface area contributed by atoms with E-state index < -0.39 is 0 Å². The van der Waals surface area contributed by atoms with Crippen molar-refractivity contribution >= 4 is 11.8 Å². The standard InChI is InChI=1S/C36H46N2O2S/c1-36-23-32(35-30-14-12-29(39)22-27(30)11-13-31(35)33(36)15-16-34(36)40)26-9-7-25(8-10-26)17-20-38(2)19-5-21-41-24-28-6-3-4-18-37-28/h3-4,6-10,12,14,18,22,31-35,39-40H,5,11,13,15-17,19-21,23-24H2,1-2H3/t31-,32+,33-,34-,35+,36-/m0/s1. The van der Waals surface area contributed by atoms with Crippen molar-refractivity contribution in [3.63, 3.8) is 0 Å². The second-order valence-corrected chi connectivity index (χ2v) is 14.3. The van der Waals surface area contributed by atoms with Crippen LogP contribution >= 0.6 is 11.8 Å². The van der Waals surface area contributed by atoms with Gasteiger partial charge < -0.3 is 15.1 Å². The summed E-state index contributed by atoms with van der Waals surface area (Å²) in [7, 11) is 2.24. The molecule has 6 rings (SSSR count). The number of phenols is 1. The van der Waals surface area contributed by atoms with E-state index in [0.29, 0.717) is 29.4 Å². The summed E-state index contributed by atoms with van der Waals surface area (Å²) in [6.45, 7) is 4.56. The quantitative estimate of drug-likeness (QED) is 0.253. The lowest BCUT2D eigenvalue weighted by Crippen LogP contribution is -2.47. The molecule has 3 aliphatic rings. The minimum absolute atomic E-state index is 0.00245. The van der Waals surface area contributed by atoms with Gasteiger partial charge in [0.05, 0.1) is 11.8 Å². The predicted molar refractivity (Wildman–Crippen MR) is 170 cm³/mol. The van der Waals surface area contributed by atoms with E-state index in [1.807, 2.05) is 36.2 Å². The Balaban J connectivity index is 1.08. The van der Waals surface area contributed by atoms with Crippen molar-refractivity contribution in [2.24, 2.45) is 17.3 Å². The van der Waals surface area contributed by atoms with E-state index in [0.717, 1.165) is 63.1 Å². The van der Waals surface area contributed by atoms with Crippen LogP contribution in [0.15, 0.2) is 66.9 Å². The van der Waals surface area contributed by atoms with Crippen molar-refractivity contribution in [1.82, 2.24) is 9.88 Å². The minimum atomic E-state index is -0.194. The van der Waals surface area contributed by atoms with Crippen molar-refractivity contribution in [3.8, 4) is 5.75 Å². The van der Waals surface area contributed by atoms with Crippen LogP contribution in [-0.2, 0) is 18.6 Å². The highest BCUT2D eigenvalue weighted by atomic mass is 32.2. The Morgan fingerprint density at radius 2 is 1.88 bits per heavy atom. The summed E-state index contributed by atoms with van der Waals surface area (Å²) in [6.07, 6.45) is 9.27. The van der Waals surface area contributed by atoms with Crippen LogP contribution in [0.2, 0.25) is 0 Å². The Morgan fingerprint density at radius 1 is 1.02 bits per heavy atom. The number of hydrogen-bond donors (Lipinski definition) is 2. The molecule has 0 amide bonds. The van der Waals surface area contributed by atoms with E-state index in [1.54, 1.807) is 0 Å². The number of aromatic nitrogens is 1. The fourth-order valence-electron chi connectivity index (χ4n) is 8.45. The summed E-state index contributed by atoms with van der Waals surface area (Å²) < 4.78 is 0. The molecule has 218 valence electrons. The fraction of sp³-hybridized carbons (Fsp3) is 0.528. The molecule has 0 saturated heterocycles. The van der Waals surface area contributed by atoms with Crippen LogP contribution in [0.4, 0.5) is 0 Å². The van der Waals surface area contributed by atoms with Gasteiger partial charge in [-0.1, -0.05) is 43.3 Å². The van der Waals surface area contributed by atoms with E-state index in [2.05, 4.69) is 66.3 Å². The first-order valence-corrected chi connectivity index (χ1v) is 16.8. The van der Waals surface area contributed by atoms with Crippen LogP contribution in [0.1, 0.15) is 78.8 Å². The first kappa shape index (κ1) is 28.8. The number of rotatable bonds is 10. The molecule has 1 heterocycles. The summed E-state index contributed by atoms with van der Waals surface area (Å²) in [5.74, 6) is 4.59. The summed E-state index contributed by atoms with van der Waals surface area (Å²) in [5, 5.41) is 21.3. The molecule has 41 heavy (non-hydrogen) atoms. The number of thioether (sulfide) groups is 1. The maximum absolute atomic E-state index is 11.1. The number of fused-ring (bicyclic) bond motifs is 5. The van der Waals surface area contributed by atoms with Crippen molar-refractivity contribution in [2.45, 2.75) is 75.6 Å². The van der Waals surface area contributed by atoms with E-state index in [4.69, 9.17) is 0 Å². The summed E-state index contributed by atoms with van der Waals surface area (Å²) >= 11 is 1.97. The molecule has 0 aliphatic heterocycles. The third-order valence-electron chi connectivity index (χ3n) is 10.7. The molecule has 2 saturated carbocycles. The van der Waals surface area contributed by atoms with Crippen molar-refractivity contribution in [3.05, 3.63) is 94.8 Å². The molecule has 2 aromatic carbocycles. The van der Waals surface area contributed by atoms with E-state index in [-0.39, 0.29) is 11.5 Å². The second-order valence-electron chi connectivity index (χ2n) is 13.1. The average Bonchev–Trinajstić information content (AvgIpc) is 3.29. The Morgan fingerprint density at radius 3 is 2.68 bits per heavy atom. The van der Waals surface area contributed by atoms with E-state index >= 15 is 0 Å². The maximum Gasteiger partial charge on any atom is 0.115 e. The molecule has 0 unspecified atom stereocenters. The van der Waals surface area contributed by atoms with Crippen LogP contribution in [0.25, 0.3) is 0 Å². The summed E-state index contributed by atoms with van der Waals surface area (Å²) in [4.78, 5) is 6.87. The number of aliphatic hydroxyl groups excluding tert-OH is 1. The Hall–Kier alpha value is -2.34. The zero-order valence-corrected chi connectivity index (χ0v) is 25.5. The van der Waals surface area contributed by atoms with E-state index in [9.17, 15) is 10.2 Å². The number of pyridine rings is 1. The van der Waals surface area contributed by atoms with Crippen LogP contribution in [-0.4, -0.2) is 52.1 Å². The number of benzene rings is 2. The third kappa shape index (κ3) is 6.09. The van der Waals surface area contributed by atoms with Crippen LogP contribution in [0, 0.1) is 17.3 Å². The first-order chi connectivity index (χ1) is 19.9. The number of likely N-dealkylation sites (N-methyl/N-ethyl adjacent to an activating group) is 1. The summed E-state index contributed by atoms with van der Waals surface area (Å²) in [5.41, 5.74) is 6.75. The number of aromatic hydroxyl groups is 1. The highest BCUT2D eigenvalue weighted by molar-refractivity contribution is 7.98. The molecule has 2 N–H and O–H groups in total. The van der Waals surface area contributed by atoms with Gasteiger partial charge in [0.1, 0.15) is 5.75 Å². The topological polar surface area (TPSA) is 56.6 Å². The molecule has 0 spiro atoms. The normalized spacial score (nSPS) is 28.7.